The lowest BCUT2D eigenvalue weighted by atomic mass is 10.1. The third kappa shape index (κ3) is 2.23. The summed E-state index contributed by atoms with van der Waals surface area (Å²) in [5.41, 5.74) is 0.763. The fourth-order valence-corrected chi connectivity index (χ4v) is 1.71. The van der Waals surface area contributed by atoms with Crippen LogP contribution in [-0.2, 0) is 4.79 Å². The SMILES string of the molecule is [2H]CN(c1ccc2ccccc2c1)[C@@H](C)C(=O)O. The van der Waals surface area contributed by atoms with E-state index in [2.05, 4.69) is 0 Å². The summed E-state index contributed by atoms with van der Waals surface area (Å²) in [6.45, 7) is 1.59. The standard InChI is InChI=1S/C14H15NO2/c1-10(14(16)17)15(2)13-8-7-11-5-3-4-6-12(11)9-13/h3-10H,1-2H3,(H,16,17)/t10-/m0/s1/i2D. The average molecular weight is 230 g/mol. The van der Waals surface area contributed by atoms with E-state index in [1.54, 1.807) is 11.8 Å². The molecule has 1 N–H and O–H groups in total. The topological polar surface area (TPSA) is 40.5 Å². The van der Waals surface area contributed by atoms with Crippen LogP contribution in [0, 0.1) is 0 Å². The first-order valence-corrected chi connectivity index (χ1v) is 5.41. The lowest BCUT2D eigenvalue weighted by molar-refractivity contribution is -0.138. The highest BCUT2D eigenvalue weighted by Crippen LogP contribution is 2.22. The molecule has 0 bridgehead atoms. The van der Waals surface area contributed by atoms with Crippen LogP contribution < -0.4 is 4.90 Å². The van der Waals surface area contributed by atoms with Gasteiger partial charge in [0.25, 0.3) is 0 Å². The van der Waals surface area contributed by atoms with Crippen molar-refractivity contribution in [2.75, 3.05) is 11.9 Å². The van der Waals surface area contributed by atoms with Gasteiger partial charge in [0.05, 0.1) is 0 Å². The van der Waals surface area contributed by atoms with Crippen LogP contribution in [0.3, 0.4) is 0 Å². The average Bonchev–Trinajstić information content (AvgIpc) is 2.39. The third-order valence-electron chi connectivity index (χ3n) is 2.89. The molecule has 3 nitrogen and oxygen atoms in total. The van der Waals surface area contributed by atoms with Crippen LogP contribution in [0.5, 0.6) is 0 Å². The number of hydrogen-bond donors (Lipinski definition) is 1. The second-order valence-electron chi connectivity index (χ2n) is 4.02. The lowest BCUT2D eigenvalue weighted by Gasteiger charge is -2.23. The number of aliphatic carboxylic acids is 1. The van der Waals surface area contributed by atoms with E-state index >= 15 is 0 Å². The smallest absolute Gasteiger partial charge is 0.326 e. The van der Waals surface area contributed by atoms with Crippen molar-refractivity contribution >= 4 is 22.4 Å². The highest BCUT2D eigenvalue weighted by atomic mass is 16.4. The second kappa shape index (κ2) is 4.45. The fourth-order valence-electron chi connectivity index (χ4n) is 1.71. The van der Waals surface area contributed by atoms with Crippen molar-refractivity contribution in [2.24, 2.45) is 0 Å². The molecule has 3 heteroatoms. The molecule has 0 heterocycles. The van der Waals surface area contributed by atoms with Crippen molar-refractivity contribution in [3.05, 3.63) is 42.5 Å². The zero-order chi connectivity index (χ0) is 13.1. The molecule has 0 radical (unpaired) electrons. The molecule has 2 aromatic carbocycles. The molecule has 0 aliphatic heterocycles. The van der Waals surface area contributed by atoms with Crippen molar-refractivity contribution in [3.63, 3.8) is 0 Å². The van der Waals surface area contributed by atoms with E-state index < -0.39 is 12.0 Å². The second-order valence-corrected chi connectivity index (χ2v) is 4.02. The minimum Gasteiger partial charge on any atom is -0.480 e. The van der Waals surface area contributed by atoms with Crippen LogP contribution in [-0.4, -0.2) is 24.1 Å². The Hall–Kier alpha value is -2.03. The van der Waals surface area contributed by atoms with Crippen molar-refractivity contribution in [1.82, 2.24) is 0 Å². The number of carboxylic acids is 1. The summed E-state index contributed by atoms with van der Waals surface area (Å²) in [6, 6.07) is 12.9. The Morgan fingerprint density at radius 2 is 2.00 bits per heavy atom. The molecule has 0 saturated heterocycles. The minimum atomic E-state index is -0.921. The molecular weight excluding hydrogens is 214 g/mol. The summed E-state index contributed by atoms with van der Waals surface area (Å²) in [5, 5.41) is 11.2. The van der Waals surface area contributed by atoms with Gasteiger partial charge in [0.1, 0.15) is 6.04 Å². The molecule has 0 fully saturated rings. The van der Waals surface area contributed by atoms with Crippen molar-refractivity contribution < 1.29 is 11.3 Å². The molecule has 0 unspecified atom stereocenters. The van der Waals surface area contributed by atoms with Gasteiger partial charge in [-0.25, -0.2) is 4.79 Å². The number of likely N-dealkylation sites (N-methyl/N-ethyl adjacent to an activating group) is 1. The molecule has 0 aliphatic carbocycles. The van der Waals surface area contributed by atoms with Crippen molar-refractivity contribution in [3.8, 4) is 0 Å². The largest absolute Gasteiger partial charge is 0.480 e. The van der Waals surface area contributed by atoms with Gasteiger partial charge in [-0.1, -0.05) is 30.3 Å². The van der Waals surface area contributed by atoms with E-state index in [-0.39, 0.29) is 7.02 Å². The Labute approximate surface area is 102 Å². The van der Waals surface area contributed by atoms with Crippen molar-refractivity contribution in [2.45, 2.75) is 13.0 Å². The highest BCUT2D eigenvalue weighted by molar-refractivity contribution is 5.87. The van der Waals surface area contributed by atoms with Gasteiger partial charge in [0, 0.05) is 14.1 Å². The van der Waals surface area contributed by atoms with Gasteiger partial charge in [0.2, 0.25) is 0 Å². The molecule has 0 spiro atoms. The molecule has 0 amide bonds. The molecule has 0 saturated carbocycles. The van der Waals surface area contributed by atoms with E-state index in [9.17, 15) is 4.79 Å². The van der Waals surface area contributed by atoms with Gasteiger partial charge >= 0.3 is 5.97 Å². The third-order valence-corrected chi connectivity index (χ3v) is 2.89. The Morgan fingerprint density at radius 1 is 1.29 bits per heavy atom. The zero-order valence-electron chi connectivity index (χ0n) is 10.6. The quantitative estimate of drug-likeness (QED) is 0.881. The predicted octanol–water partition coefficient (Wildman–Crippen LogP) is 2.75. The van der Waals surface area contributed by atoms with E-state index in [4.69, 9.17) is 6.48 Å². The lowest BCUT2D eigenvalue weighted by Crippen LogP contribution is -2.35. The normalized spacial score (nSPS) is 13.1. The monoisotopic (exact) mass is 230 g/mol. The van der Waals surface area contributed by atoms with E-state index in [0.717, 1.165) is 16.5 Å². The number of anilines is 1. The van der Waals surface area contributed by atoms with Crippen LogP contribution in [0.1, 0.15) is 8.29 Å². The van der Waals surface area contributed by atoms with Gasteiger partial charge in [0.15, 0.2) is 0 Å². The first kappa shape index (κ1) is 10.1. The maximum atomic E-state index is 11.0. The zero-order valence-corrected chi connectivity index (χ0v) is 9.63. The van der Waals surface area contributed by atoms with Gasteiger partial charge in [-0.15, -0.1) is 0 Å². The Balaban J connectivity index is 2.42. The van der Waals surface area contributed by atoms with Crippen LogP contribution in [0.25, 0.3) is 10.8 Å². The maximum absolute atomic E-state index is 11.0. The summed E-state index contributed by atoms with van der Waals surface area (Å²) in [7, 11) is -0.0776. The number of rotatable bonds is 3. The first-order valence-electron chi connectivity index (χ1n) is 6.11. The fraction of sp³-hybridized carbons (Fsp3) is 0.214. The predicted molar refractivity (Wildman–Crippen MR) is 69.4 cm³/mol. The Kier molecular flexibility index (Phi) is 2.66. The summed E-state index contributed by atoms with van der Waals surface area (Å²) in [5.74, 6) is -0.921. The first-order chi connectivity index (χ1) is 8.63. The minimum absolute atomic E-state index is 0.0776. The molecule has 17 heavy (non-hydrogen) atoms. The number of nitrogens with zero attached hydrogens (tertiary/aromatic N) is 1. The molecular formula is C14H15NO2. The van der Waals surface area contributed by atoms with Gasteiger partial charge < -0.3 is 10.0 Å². The van der Waals surface area contributed by atoms with E-state index in [1.165, 1.54) is 0 Å². The van der Waals surface area contributed by atoms with Gasteiger partial charge in [-0.05, 0) is 29.8 Å². The number of fused-ring (bicyclic) bond motifs is 1. The Morgan fingerprint density at radius 3 is 2.65 bits per heavy atom. The number of carbonyl (C=O) groups is 1. The van der Waals surface area contributed by atoms with E-state index in [0.29, 0.717) is 0 Å². The molecule has 1 atom stereocenters. The summed E-state index contributed by atoms with van der Waals surface area (Å²) < 4.78 is 7.49. The maximum Gasteiger partial charge on any atom is 0.326 e. The summed E-state index contributed by atoms with van der Waals surface area (Å²) in [6.07, 6.45) is 0. The Bertz CT molecular complexity index is 570. The van der Waals surface area contributed by atoms with Gasteiger partial charge in [-0.2, -0.15) is 0 Å². The molecule has 0 aliphatic rings. The number of hydrogen-bond acceptors (Lipinski definition) is 2. The van der Waals surface area contributed by atoms with Crippen LogP contribution >= 0.6 is 0 Å². The molecule has 2 aromatic rings. The molecule has 2 rings (SSSR count). The summed E-state index contributed by atoms with van der Waals surface area (Å²) >= 11 is 0. The summed E-state index contributed by atoms with van der Waals surface area (Å²) in [4.78, 5) is 12.6. The molecule has 88 valence electrons. The molecule has 0 aromatic heterocycles. The van der Waals surface area contributed by atoms with Gasteiger partial charge in [-0.3, -0.25) is 0 Å². The van der Waals surface area contributed by atoms with Crippen LogP contribution in [0.15, 0.2) is 42.5 Å². The van der Waals surface area contributed by atoms with Crippen LogP contribution in [0.4, 0.5) is 5.69 Å². The van der Waals surface area contributed by atoms with Crippen molar-refractivity contribution in [1.29, 1.82) is 0 Å². The number of carboxylic acid groups (broad SMARTS) is 1. The van der Waals surface area contributed by atoms with Crippen LogP contribution in [0.2, 0.25) is 0 Å². The number of benzene rings is 2. The van der Waals surface area contributed by atoms with E-state index in [1.807, 2.05) is 42.5 Å². The highest BCUT2D eigenvalue weighted by Gasteiger charge is 2.16.